The molecule has 0 amide bonds. The predicted molar refractivity (Wildman–Crippen MR) is 49.4 cm³/mol. The molecule has 0 aliphatic rings. The van der Waals surface area contributed by atoms with Gasteiger partial charge in [-0.1, -0.05) is 12.1 Å². The van der Waals surface area contributed by atoms with E-state index in [2.05, 4.69) is 15.2 Å². The zero-order valence-corrected chi connectivity index (χ0v) is 7.21. The number of benzene rings is 1. The summed E-state index contributed by atoms with van der Waals surface area (Å²) in [6, 6.07) is 6.02. The Labute approximate surface area is 79.7 Å². The molecule has 0 radical (unpaired) electrons. The summed E-state index contributed by atoms with van der Waals surface area (Å²) in [6.07, 6.45) is 4.44. The first-order valence-electron chi connectivity index (χ1n) is 3.99. The molecule has 0 aliphatic carbocycles. The standard InChI is InChI=1S/C9H7FN4/c10-9-3-1-8(2-4-9)5-12-14-7-11-6-13-14/h1-7H. The van der Waals surface area contributed by atoms with Gasteiger partial charge >= 0.3 is 0 Å². The summed E-state index contributed by atoms with van der Waals surface area (Å²) in [5, 5.41) is 7.74. The molecule has 1 heterocycles. The summed E-state index contributed by atoms with van der Waals surface area (Å²) in [4.78, 5) is 5.05. The second kappa shape index (κ2) is 3.78. The Kier molecular flexibility index (Phi) is 2.31. The van der Waals surface area contributed by atoms with Crippen molar-refractivity contribution >= 4 is 6.21 Å². The Bertz CT molecular complexity index is 419. The normalized spacial score (nSPS) is 10.9. The van der Waals surface area contributed by atoms with Crippen LogP contribution in [0.4, 0.5) is 4.39 Å². The molecule has 0 saturated heterocycles. The number of hydrogen-bond donors (Lipinski definition) is 0. The third kappa shape index (κ3) is 2.01. The van der Waals surface area contributed by atoms with Crippen LogP contribution in [-0.4, -0.2) is 21.1 Å². The van der Waals surface area contributed by atoms with Crippen molar-refractivity contribution in [3.05, 3.63) is 48.3 Å². The molecule has 0 fully saturated rings. The molecular formula is C9H7FN4. The minimum atomic E-state index is -0.261. The van der Waals surface area contributed by atoms with Gasteiger partial charge in [0.25, 0.3) is 0 Å². The van der Waals surface area contributed by atoms with Crippen molar-refractivity contribution in [1.82, 2.24) is 14.9 Å². The summed E-state index contributed by atoms with van der Waals surface area (Å²) in [5.74, 6) is -0.261. The molecular weight excluding hydrogens is 183 g/mol. The van der Waals surface area contributed by atoms with Crippen LogP contribution >= 0.6 is 0 Å². The first kappa shape index (κ1) is 8.55. The second-order valence-electron chi connectivity index (χ2n) is 2.61. The van der Waals surface area contributed by atoms with Gasteiger partial charge in [-0.3, -0.25) is 0 Å². The van der Waals surface area contributed by atoms with Crippen LogP contribution in [0.1, 0.15) is 5.56 Å². The fourth-order valence-corrected chi connectivity index (χ4v) is 0.936. The van der Waals surface area contributed by atoms with Crippen molar-refractivity contribution in [3.63, 3.8) is 0 Å². The topological polar surface area (TPSA) is 43.1 Å². The molecule has 0 bridgehead atoms. The van der Waals surface area contributed by atoms with Crippen LogP contribution in [0, 0.1) is 5.82 Å². The van der Waals surface area contributed by atoms with E-state index >= 15 is 0 Å². The molecule has 4 nitrogen and oxygen atoms in total. The highest BCUT2D eigenvalue weighted by atomic mass is 19.1. The molecule has 0 aliphatic heterocycles. The lowest BCUT2D eigenvalue weighted by Gasteiger charge is -1.91. The van der Waals surface area contributed by atoms with Gasteiger partial charge in [0, 0.05) is 0 Å². The van der Waals surface area contributed by atoms with Crippen LogP contribution in [0.25, 0.3) is 0 Å². The lowest BCUT2D eigenvalue weighted by molar-refractivity contribution is 0.628. The molecule has 1 aromatic heterocycles. The number of halogens is 1. The average molecular weight is 190 g/mol. The lowest BCUT2D eigenvalue weighted by Crippen LogP contribution is -1.90. The fourth-order valence-electron chi connectivity index (χ4n) is 0.936. The molecule has 1 aromatic carbocycles. The van der Waals surface area contributed by atoms with Gasteiger partial charge in [0.15, 0.2) is 0 Å². The summed E-state index contributed by atoms with van der Waals surface area (Å²) < 4.78 is 12.5. The molecule has 0 unspecified atom stereocenters. The van der Waals surface area contributed by atoms with Crippen LogP contribution in [0.5, 0.6) is 0 Å². The third-order valence-corrected chi connectivity index (χ3v) is 1.60. The van der Waals surface area contributed by atoms with Gasteiger partial charge in [0.1, 0.15) is 18.5 Å². The van der Waals surface area contributed by atoms with Crippen molar-refractivity contribution in [3.8, 4) is 0 Å². The minimum Gasteiger partial charge on any atom is -0.221 e. The Hall–Kier alpha value is -2.04. The van der Waals surface area contributed by atoms with Crippen molar-refractivity contribution < 1.29 is 4.39 Å². The maximum Gasteiger partial charge on any atom is 0.139 e. The Balaban J connectivity index is 2.15. The minimum absolute atomic E-state index is 0.261. The highest BCUT2D eigenvalue weighted by molar-refractivity contribution is 5.79. The molecule has 0 saturated carbocycles. The number of rotatable bonds is 2. The largest absolute Gasteiger partial charge is 0.221 e. The summed E-state index contributed by atoms with van der Waals surface area (Å²) in [5.41, 5.74) is 0.807. The highest BCUT2D eigenvalue weighted by Crippen LogP contribution is 1.99. The van der Waals surface area contributed by atoms with Gasteiger partial charge in [0.05, 0.1) is 6.21 Å². The quantitative estimate of drug-likeness (QED) is 0.670. The van der Waals surface area contributed by atoms with Crippen molar-refractivity contribution in [2.75, 3.05) is 0 Å². The van der Waals surface area contributed by atoms with Gasteiger partial charge in [-0.25, -0.2) is 9.37 Å². The molecule has 0 atom stereocenters. The van der Waals surface area contributed by atoms with E-state index in [9.17, 15) is 4.39 Å². The van der Waals surface area contributed by atoms with Crippen LogP contribution in [0.3, 0.4) is 0 Å². The highest BCUT2D eigenvalue weighted by Gasteiger charge is 1.89. The molecule has 0 spiro atoms. The Morgan fingerprint density at radius 1 is 1.29 bits per heavy atom. The van der Waals surface area contributed by atoms with E-state index in [1.54, 1.807) is 18.3 Å². The van der Waals surface area contributed by atoms with Gasteiger partial charge < -0.3 is 0 Å². The van der Waals surface area contributed by atoms with Crippen LogP contribution < -0.4 is 0 Å². The maximum atomic E-state index is 12.5. The Morgan fingerprint density at radius 2 is 2.07 bits per heavy atom. The van der Waals surface area contributed by atoms with Crippen molar-refractivity contribution in [2.24, 2.45) is 5.10 Å². The predicted octanol–water partition coefficient (Wildman–Crippen LogP) is 1.30. The summed E-state index contributed by atoms with van der Waals surface area (Å²) in [7, 11) is 0. The molecule has 70 valence electrons. The first-order chi connectivity index (χ1) is 6.84. The fraction of sp³-hybridized carbons (Fsp3) is 0. The monoisotopic (exact) mass is 190 g/mol. The van der Waals surface area contributed by atoms with Crippen molar-refractivity contribution in [1.29, 1.82) is 0 Å². The van der Waals surface area contributed by atoms with Gasteiger partial charge in [-0.15, -0.1) is 9.89 Å². The molecule has 2 rings (SSSR count). The van der Waals surface area contributed by atoms with Gasteiger partial charge in [-0.05, 0) is 17.7 Å². The van der Waals surface area contributed by atoms with E-state index in [0.717, 1.165) is 5.56 Å². The zero-order chi connectivity index (χ0) is 9.80. The molecule has 14 heavy (non-hydrogen) atoms. The average Bonchev–Trinajstić information content (AvgIpc) is 2.70. The van der Waals surface area contributed by atoms with E-state index in [1.165, 1.54) is 29.6 Å². The molecule has 2 aromatic rings. The second-order valence-corrected chi connectivity index (χ2v) is 2.61. The van der Waals surface area contributed by atoms with E-state index in [1.807, 2.05) is 0 Å². The van der Waals surface area contributed by atoms with Gasteiger partial charge in [0.2, 0.25) is 0 Å². The number of nitrogens with zero attached hydrogens (tertiary/aromatic N) is 4. The summed E-state index contributed by atoms with van der Waals surface area (Å²) >= 11 is 0. The molecule has 0 N–H and O–H groups in total. The van der Waals surface area contributed by atoms with Crippen LogP contribution in [0.2, 0.25) is 0 Å². The van der Waals surface area contributed by atoms with E-state index in [4.69, 9.17) is 0 Å². The van der Waals surface area contributed by atoms with Crippen molar-refractivity contribution in [2.45, 2.75) is 0 Å². The van der Waals surface area contributed by atoms with E-state index in [0.29, 0.717) is 0 Å². The third-order valence-electron chi connectivity index (χ3n) is 1.60. The van der Waals surface area contributed by atoms with E-state index in [-0.39, 0.29) is 5.82 Å². The maximum absolute atomic E-state index is 12.5. The number of aromatic nitrogens is 3. The molecule has 5 heteroatoms. The zero-order valence-electron chi connectivity index (χ0n) is 7.21. The number of hydrogen-bond acceptors (Lipinski definition) is 3. The SMILES string of the molecule is Fc1ccc(C=Nn2cncn2)cc1. The van der Waals surface area contributed by atoms with E-state index < -0.39 is 0 Å². The summed E-state index contributed by atoms with van der Waals surface area (Å²) in [6.45, 7) is 0. The smallest absolute Gasteiger partial charge is 0.139 e. The van der Waals surface area contributed by atoms with Gasteiger partial charge in [-0.2, -0.15) is 5.10 Å². The van der Waals surface area contributed by atoms with Crippen LogP contribution in [-0.2, 0) is 0 Å². The van der Waals surface area contributed by atoms with Crippen LogP contribution in [0.15, 0.2) is 42.0 Å². The first-order valence-corrected chi connectivity index (χ1v) is 3.99. The lowest BCUT2D eigenvalue weighted by atomic mass is 10.2. The Morgan fingerprint density at radius 3 is 2.71 bits per heavy atom.